The van der Waals surface area contributed by atoms with Crippen molar-refractivity contribution in [1.29, 1.82) is 0 Å². The lowest BCUT2D eigenvalue weighted by molar-refractivity contribution is 0.102. The summed E-state index contributed by atoms with van der Waals surface area (Å²) in [6, 6.07) is 7.83. The van der Waals surface area contributed by atoms with Crippen molar-refractivity contribution < 1.29 is 4.79 Å². The van der Waals surface area contributed by atoms with Gasteiger partial charge in [0.1, 0.15) is 0 Å². The number of nitrogens with two attached hydrogens (primary N) is 1. The molecule has 0 aliphatic heterocycles. The minimum absolute atomic E-state index is 0.261. The number of nitrogens with zero attached hydrogens (tertiary/aromatic N) is 2. The number of hydrogen-bond donors (Lipinski definition) is 2. The van der Waals surface area contributed by atoms with E-state index in [0.717, 1.165) is 11.1 Å². The number of nitrogens with one attached hydrogen (secondary N) is 1. The Morgan fingerprint density at radius 1 is 1.45 bits per heavy atom. The predicted molar refractivity (Wildman–Crippen MR) is 82.1 cm³/mol. The van der Waals surface area contributed by atoms with E-state index in [9.17, 15) is 4.79 Å². The molecule has 1 aromatic carbocycles. The molecule has 0 unspecified atom stereocenters. The second kappa shape index (κ2) is 4.97. The van der Waals surface area contributed by atoms with Crippen LogP contribution in [0.1, 0.15) is 17.4 Å². The van der Waals surface area contributed by atoms with Gasteiger partial charge in [0, 0.05) is 23.1 Å². The smallest absolute Gasteiger partial charge is 0.278 e. The van der Waals surface area contributed by atoms with Gasteiger partial charge in [0.25, 0.3) is 5.91 Å². The van der Waals surface area contributed by atoms with Gasteiger partial charge in [-0.25, -0.2) is 0 Å². The van der Waals surface area contributed by atoms with Crippen LogP contribution in [0.3, 0.4) is 0 Å². The van der Waals surface area contributed by atoms with Crippen LogP contribution in [0.2, 0.25) is 0 Å². The van der Waals surface area contributed by atoms with Gasteiger partial charge in [0.2, 0.25) is 0 Å². The zero-order valence-electron chi connectivity index (χ0n) is 11.0. The van der Waals surface area contributed by atoms with E-state index >= 15 is 0 Å². The molecule has 2 aromatic heterocycles. The van der Waals surface area contributed by atoms with Gasteiger partial charge in [-0.15, -0.1) is 11.3 Å². The van der Waals surface area contributed by atoms with Gasteiger partial charge in [-0.05, 0) is 42.0 Å². The number of fused-ring (bicyclic) bond motifs is 1. The van der Waals surface area contributed by atoms with Crippen molar-refractivity contribution >= 4 is 38.7 Å². The van der Waals surface area contributed by atoms with Gasteiger partial charge in [-0.3, -0.25) is 9.48 Å². The van der Waals surface area contributed by atoms with Gasteiger partial charge in [0.05, 0.1) is 5.69 Å². The van der Waals surface area contributed by atoms with Crippen LogP contribution < -0.4 is 11.1 Å². The SMILES string of the molecule is CCn1cc(N)c(C(=O)Nc2ccc3sccc3c2)n1. The Bertz CT molecular complexity index is 774. The molecule has 1 amide bonds. The van der Waals surface area contributed by atoms with Crippen LogP contribution in [0, 0.1) is 0 Å². The molecule has 0 saturated carbocycles. The quantitative estimate of drug-likeness (QED) is 0.777. The average molecular weight is 286 g/mol. The Balaban J connectivity index is 1.85. The number of rotatable bonds is 3. The second-order valence-corrected chi connectivity index (χ2v) is 5.36. The topological polar surface area (TPSA) is 72.9 Å². The van der Waals surface area contributed by atoms with E-state index < -0.39 is 0 Å². The van der Waals surface area contributed by atoms with E-state index in [2.05, 4.69) is 10.4 Å². The molecule has 3 N–H and O–H groups in total. The molecule has 0 atom stereocenters. The van der Waals surface area contributed by atoms with Gasteiger partial charge >= 0.3 is 0 Å². The molecule has 20 heavy (non-hydrogen) atoms. The predicted octanol–water partition coefficient (Wildman–Crippen LogP) is 2.95. The van der Waals surface area contributed by atoms with Crippen LogP contribution in [-0.2, 0) is 6.54 Å². The molecule has 0 spiro atoms. The minimum atomic E-state index is -0.288. The fraction of sp³-hybridized carbons (Fsp3) is 0.143. The zero-order chi connectivity index (χ0) is 14.1. The molecular weight excluding hydrogens is 272 g/mol. The van der Waals surface area contributed by atoms with Gasteiger partial charge < -0.3 is 11.1 Å². The molecule has 2 heterocycles. The number of anilines is 2. The van der Waals surface area contributed by atoms with Crippen LogP contribution in [0.5, 0.6) is 0 Å². The number of thiophene rings is 1. The number of nitrogen functional groups attached to an aromatic ring is 1. The first-order chi connectivity index (χ1) is 9.67. The standard InChI is InChI=1S/C14H14N4OS/c1-2-18-8-11(15)13(17-18)14(19)16-10-3-4-12-9(7-10)5-6-20-12/h3-8H,2,15H2,1H3,(H,16,19). The fourth-order valence-electron chi connectivity index (χ4n) is 2.01. The maximum Gasteiger partial charge on any atom is 0.278 e. The second-order valence-electron chi connectivity index (χ2n) is 4.42. The molecule has 102 valence electrons. The number of aryl methyl sites for hydroxylation is 1. The Hall–Kier alpha value is -2.34. The van der Waals surface area contributed by atoms with Crippen molar-refractivity contribution in [3.8, 4) is 0 Å². The number of carbonyl (C=O) groups excluding carboxylic acids is 1. The highest BCUT2D eigenvalue weighted by molar-refractivity contribution is 7.17. The highest BCUT2D eigenvalue weighted by Crippen LogP contribution is 2.24. The van der Waals surface area contributed by atoms with Crippen LogP contribution in [-0.4, -0.2) is 15.7 Å². The normalized spacial score (nSPS) is 10.8. The molecule has 3 rings (SSSR count). The summed E-state index contributed by atoms with van der Waals surface area (Å²) in [4.78, 5) is 12.2. The van der Waals surface area contributed by atoms with Crippen LogP contribution in [0.25, 0.3) is 10.1 Å². The summed E-state index contributed by atoms with van der Waals surface area (Å²) < 4.78 is 2.84. The first-order valence-corrected chi connectivity index (χ1v) is 7.17. The highest BCUT2D eigenvalue weighted by Gasteiger charge is 2.14. The van der Waals surface area contributed by atoms with E-state index in [0.29, 0.717) is 12.2 Å². The fourth-order valence-corrected chi connectivity index (χ4v) is 2.78. The van der Waals surface area contributed by atoms with Gasteiger partial charge in [-0.1, -0.05) is 0 Å². The van der Waals surface area contributed by atoms with E-state index in [1.165, 1.54) is 4.70 Å². The monoisotopic (exact) mass is 286 g/mol. The van der Waals surface area contributed by atoms with Crippen LogP contribution >= 0.6 is 11.3 Å². The van der Waals surface area contributed by atoms with E-state index in [1.807, 2.05) is 36.6 Å². The summed E-state index contributed by atoms with van der Waals surface area (Å²) in [5, 5.41) is 10.1. The van der Waals surface area contributed by atoms with Crippen LogP contribution in [0.4, 0.5) is 11.4 Å². The first-order valence-electron chi connectivity index (χ1n) is 6.29. The average Bonchev–Trinajstić information content (AvgIpc) is 3.04. The number of aromatic nitrogens is 2. The number of carbonyl (C=O) groups is 1. The molecule has 0 saturated heterocycles. The Morgan fingerprint density at radius 3 is 3.05 bits per heavy atom. The van der Waals surface area contributed by atoms with Crippen molar-refractivity contribution in [2.45, 2.75) is 13.5 Å². The minimum Gasteiger partial charge on any atom is -0.396 e. The third-order valence-electron chi connectivity index (χ3n) is 3.04. The Morgan fingerprint density at radius 2 is 2.30 bits per heavy atom. The summed E-state index contributed by atoms with van der Waals surface area (Å²) in [5.74, 6) is -0.288. The van der Waals surface area contributed by atoms with Gasteiger partial charge in [0.15, 0.2) is 5.69 Å². The molecule has 3 aromatic rings. The highest BCUT2D eigenvalue weighted by atomic mass is 32.1. The molecule has 0 fully saturated rings. The maximum atomic E-state index is 12.2. The van der Waals surface area contributed by atoms with Crippen molar-refractivity contribution in [1.82, 2.24) is 9.78 Å². The lowest BCUT2D eigenvalue weighted by Crippen LogP contribution is -2.14. The van der Waals surface area contributed by atoms with Crippen molar-refractivity contribution in [3.63, 3.8) is 0 Å². The zero-order valence-corrected chi connectivity index (χ0v) is 11.8. The summed E-state index contributed by atoms with van der Waals surface area (Å²) in [5.41, 5.74) is 7.20. The summed E-state index contributed by atoms with van der Waals surface area (Å²) in [6.07, 6.45) is 1.66. The molecule has 6 heteroatoms. The molecule has 0 bridgehead atoms. The van der Waals surface area contributed by atoms with Crippen molar-refractivity contribution in [2.24, 2.45) is 0 Å². The first kappa shape index (κ1) is 12.7. The Labute approximate surface area is 120 Å². The molecule has 0 aliphatic rings. The van der Waals surface area contributed by atoms with Gasteiger partial charge in [-0.2, -0.15) is 5.10 Å². The number of amides is 1. The third kappa shape index (κ3) is 2.25. The maximum absolute atomic E-state index is 12.2. The largest absolute Gasteiger partial charge is 0.396 e. The van der Waals surface area contributed by atoms with Crippen LogP contribution in [0.15, 0.2) is 35.8 Å². The summed E-state index contributed by atoms with van der Waals surface area (Å²) in [6.45, 7) is 2.62. The molecule has 0 aliphatic carbocycles. The van der Waals surface area contributed by atoms with E-state index in [4.69, 9.17) is 5.73 Å². The summed E-state index contributed by atoms with van der Waals surface area (Å²) >= 11 is 1.67. The molecule has 5 nitrogen and oxygen atoms in total. The van der Waals surface area contributed by atoms with Crippen molar-refractivity contribution in [2.75, 3.05) is 11.1 Å². The number of hydrogen-bond acceptors (Lipinski definition) is 4. The molecular formula is C14H14N4OS. The lowest BCUT2D eigenvalue weighted by Gasteiger charge is -2.04. The van der Waals surface area contributed by atoms with E-state index in [-0.39, 0.29) is 11.6 Å². The lowest BCUT2D eigenvalue weighted by atomic mass is 10.2. The third-order valence-corrected chi connectivity index (χ3v) is 3.94. The van der Waals surface area contributed by atoms with Crippen molar-refractivity contribution in [3.05, 3.63) is 41.5 Å². The molecule has 0 radical (unpaired) electrons. The summed E-state index contributed by atoms with van der Waals surface area (Å²) in [7, 11) is 0. The van der Waals surface area contributed by atoms with E-state index in [1.54, 1.807) is 22.2 Å². The Kier molecular flexibility index (Phi) is 3.15. The number of benzene rings is 1.